The van der Waals surface area contributed by atoms with Crippen LogP contribution in [-0.2, 0) is 39.9 Å². The molecule has 0 bridgehead atoms. The third kappa shape index (κ3) is 7.65. The Labute approximate surface area is 184 Å². The third-order valence-electron chi connectivity index (χ3n) is 3.97. The fourth-order valence-electron chi connectivity index (χ4n) is 2.43. The van der Waals surface area contributed by atoms with Gasteiger partial charge in [0.2, 0.25) is 11.2 Å². The third-order valence-corrected chi connectivity index (χ3v) is 3.97. The molecule has 0 amide bonds. The smallest absolute Gasteiger partial charge is 0.355 e. The molecule has 11 nitrogen and oxygen atoms in total. The highest BCUT2D eigenvalue weighted by Gasteiger charge is 2.36. The van der Waals surface area contributed by atoms with E-state index in [1.54, 1.807) is 0 Å². The van der Waals surface area contributed by atoms with Crippen LogP contribution < -0.4 is 15.2 Å². The zero-order valence-electron chi connectivity index (χ0n) is 18.7. The fraction of sp³-hybridized carbons (Fsp3) is 0.476. The Morgan fingerprint density at radius 2 is 1.31 bits per heavy atom. The maximum atomic E-state index is 12.6. The Bertz CT molecular complexity index is 919. The minimum Gasteiger partial charge on any atom is -0.480 e. The standard InChI is InChI=1S/C21H27NO10/c1-11(23)31-20(3,4)18(27)29-15-8-7-13(9-14(22)17(25)26)10-16(15)30-19(28)21(5,6)32-12(2)24/h7-8,10,14H,9,22H2,1-6H3,(H,25,26)/t14-/m0/s1. The lowest BCUT2D eigenvalue weighted by molar-refractivity contribution is -0.172. The summed E-state index contributed by atoms with van der Waals surface area (Å²) in [7, 11) is 0. The van der Waals surface area contributed by atoms with Crippen LogP contribution in [0.3, 0.4) is 0 Å². The Hall–Kier alpha value is -3.47. The Morgan fingerprint density at radius 3 is 1.72 bits per heavy atom. The second-order valence-corrected chi connectivity index (χ2v) is 7.92. The second-order valence-electron chi connectivity index (χ2n) is 7.92. The van der Waals surface area contributed by atoms with Crippen molar-refractivity contribution in [2.24, 2.45) is 5.73 Å². The molecule has 3 N–H and O–H groups in total. The summed E-state index contributed by atoms with van der Waals surface area (Å²) in [5.41, 5.74) is 2.60. The van der Waals surface area contributed by atoms with E-state index in [0.29, 0.717) is 5.56 Å². The SMILES string of the molecule is CC(=O)OC(C)(C)C(=O)Oc1ccc(C[C@H](N)C(=O)O)cc1OC(=O)C(C)(C)OC(C)=O. The predicted molar refractivity (Wildman–Crippen MR) is 109 cm³/mol. The van der Waals surface area contributed by atoms with Gasteiger partial charge in [0.1, 0.15) is 6.04 Å². The average molecular weight is 453 g/mol. The summed E-state index contributed by atoms with van der Waals surface area (Å²) in [5, 5.41) is 9.01. The van der Waals surface area contributed by atoms with E-state index >= 15 is 0 Å². The number of benzene rings is 1. The molecule has 1 aromatic rings. The van der Waals surface area contributed by atoms with Gasteiger partial charge in [-0.25, -0.2) is 9.59 Å². The van der Waals surface area contributed by atoms with Crippen molar-refractivity contribution >= 4 is 29.8 Å². The highest BCUT2D eigenvalue weighted by molar-refractivity contribution is 5.86. The van der Waals surface area contributed by atoms with Crippen LogP contribution in [0.25, 0.3) is 0 Å². The number of hydrogen-bond acceptors (Lipinski definition) is 10. The summed E-state index contributed by atoms with van der Waals surface area (Å²) < 4.78 is 20.4. The summed E-state index contributed by atoms with van der Waals surface area (Å²) in [6.07, 6.45) is -0.111. The number of carboxylic acid groups (broad SMARTS) is 1. The number of carboxylic acids is 1. The van der Waals surface area contributed by atoms with Crippen molar-refractivity contribution in [3.05, 3.63) is 23.8 Å². The normalized spacial score (nSPS) is 12.3. The molecule has 0 aromatic heterocycles. The molecule has 1 atom stereocenters. The van der Waals surface area contributed by atoms with Gasteiger partial charge in [-0.05, 0) is 51.8 Å². The van der Waals surface area contributed by atoms with Crippen LogP contribution in [0.1, 0.15) is 47.1 Å². The van der Waals surface area contributed by atoms with Gasteiger partial charge in [-0.3, -0.25) is 14.4 Å². The van der Waals surface area contributed by atoms with E-state index in [9.17, 15) is 24.0 Å². The summed E-state index contributed by atoms with van der Waals surface area (Å²) in [5.74, 6) is -5.07. The lowest BCUT2D eigenvalue weighted by Gasteiger charge is -2.24. The van der Waals surface area contributed by atoms with E-state index < -0.39 is 47.1 Å². The Balaban J connectivity index is 3.29. The van der Waals surface area contributed by atoms with E-state index in [2.05, 4.69) is 0 Å². The van der Waals surface area contributed by atoms with Crippen molar-refractivity contribution in [1.29, 1.82) is 0 Å². The summed E-state index contributed by atoms with van der Waals surface area (Å²) >= 11 is 0. The number of carbonyl (C=O) groups is 5. The van der Waals surface area contributed by atoms with Crippen LogP contribution in [0, 0.1) is 0 Å². The Kier molecular flexibility index (Phi) is 8.49. The van der Waals surface area contributed by atoms with Crippen LogP contribution in [-0.4, -0.2) is 52.2 Å². The summed E-state index contributed by atoms with van der Waals surface area (Å²) in [6, 6.07) is 2.74. The predicted octanol–water partition coefficient (Wildman–Crippen LogP) is 1.14. The molecule has 0 aliphatic rings. The average Bonchev–Trinajstić information content (AvgIpc) is 2.61. The van der Waals surface area contributed by atoms with Crippen molar-refractivity contribution in [3.63, 3.8) is 0 Å². The molecule has 0 heterocycles. The van der Waals surface area contributed by atoms with Gasteiger partial charge in [0.25, 0.3) is 0 Å². The summed E-state index contributed by atoms with van der Waals surface area (Å²) in [6.45, 7) is 7.47. The molecule has 176 valence electrons. The van der Waals surface area contributed by atoms with Crippen LogP contribution in [0.5, 0.6) is 11.5 Å². The first-order valence-electron chi connectivity index (χ1n) is 9.50. The van der Waals surface area contributed by atoms with Gasteiger partial charge < -0.3 is 29.8 Å². The molecule has 0 fully saturated rings. The van der Waals surface area contributed by atoms with Gasteiger partial charge in [0, 0.05) is 13.8 Å². The molecule has 1 aromatic carbocycles. The number of hydrogen-bond donors (Lipinski definition) is 2. The minimum atomic E-state index is -1.67. The number of ether oxygens (including phenoxy) is 4. The van der Waals surface area contributed by atoms with Gasteiger partial charge in [-0.15, -0.1) is 0 Å². The lowest BCUT2D eigenvalue weighted by atomic mass is 10.1. The van der Waals surface area contributed by atoms with E-state index in [4.69, 9.17) is 29.8 Å². The van der Waals surface area contributed by atoms with Crippen LogP contribution in [0.4, 0.5) is 0 Å². The molecule has 0 saturated carbocycles. The number of carbonyl (C=O) groups excluding carboxylic acids is 4. The van der Waals surface area contributed by atoms with Gasteiger partial charge in [0.15, 0.2) is 11.5 Å². The van der Waals surface area contributed by atoms with Crippen molar-refractivity contribution in [3.8, 4) is 11.5 Å². The van der Waals surface area contributed by atoms with Crippen LogP contribution in [0.15, 0.2) is 18.2 Å². The van der Waals surface area contributed by atoms with Crippen molar-refractivity contribution in [2.45, 2.75) is 65.2 Å². The van der Waals surface area contributed by atoms with Crippen LogP contribution in [0.2, 0.25) is 0 Å². The first-order chi connectivity index (χ1) is 14.5. The lowest BCUT2D eigenvalue weighted by Crippen LogP contribution is -2.41. The molecule has 11 heteroatoms. The van der Waals surface area contributed by atoms with Gasteiger partial charge in [0.05, 0.1) is 0 Å². The molecule has 0 spiro atoms. The molecular formula is C21H27NO10. The first kappa shape index (κ1) is 26.6. The molecule has 0 aliphatic heterocycles. The van der Waals surface area contributed by atoms with E-state index in [1.807, 2.05) is 0 Å². The van der Waals surface area contributed by atoms with E-state index in [-0.39, 0.29) is 17.9 Å². The van der Waals surface area contributed by atoms with Gasteiger partial charge >= 0.3 is 29.8 Å². The molecule has 0 saturated heterocycles. The highest BCUT2D eigenvalue weighted by Crippen LogP contribution is 2.32. The van der Waals surface area contributed by atoms with Gasteiger partial charge in [-0.1, -0.05) is 6.07 Å². The van der Waals surface area contributed by atoms with Gasteiger partial charge in [-0.2, -0.15) is 0 Å². The number of nitrogens with two attached hydrogens (primary N) is 1. The number of rotatable bonds is 9. The van der Waals surface area contributed by atoms with E-state index in [1.165, 1.54) is 45.9 Å². The monoisotopic (exact) mass is 453 g/mol. The maximum Gasteiger partial charge on any atom is 0.355 e. The molecule has 0 aliphatic carbocycles. The second kappa shape index (κ2) is 10.2. The zero-order chi connectivity index (χ0) is 24.9. The molecule has 0 radical (unpaired) electrons. The zero-order valence-corrected chi connectivity index (χ0v) is 18.7. The van der Waals surface area contributed by atoms with Crippen molar-refractivity contribution in [2.75, 3.05) is 0 Å². The fourth-order valence-corrected chi connectivity index (χ4v) is 2.43. The number of aliphatic carboxylic acids is 1. The molecule has 1 rings (SSSR count). The minimum absolute atomic E-state index is 0.111. The topological polar surface area (TPSA) is 169 Å². The first-order valence-corrected chi connectivity index (χ1v) is 9.50. The molecule has 32 heavy (non-hydrogen) atoms. The largest absolute Gasteiger partial charge is 0.480 e. The van der Waals surface area contributed by atoms with Crippen molar-refractivity contribution in [1.82, 2.24) is 0 Å². The maximum absolute atomic E-state index is 12.6. The Morgan fingerprint density at radius 1 is 0.875 bits per heavy atom. The molecule has 0 unspecified atom stereocenters. The van der Waals surface area contributed by atoms with Crippen molar-refractivity contribution < 1.29 is 48.0 Å². The summed E-state index contributed by atoms with van der Waals surface area (Å²) in [4.78, 5) is 58.6. The van der Waals surface area contributed by atoms with Crippen LogP contribution >= 0.6 is 0 Å². The quantitative estimate of drug-likeness (QED) is 0.406. The van der Waals surface area contributed by atoms with E-state index in [0.717, 1.165) is 13.8 Å². The molecular weight excluding hydrogens is 426 g/mol. The highest BCUT2D eigenvalue weighted by atomic mass is 16.6. The number of esters is 4.